The number of aryl methyl sites for hydroxylation is 1. The number of hydrogen-bond acceptors (Lipinski definition) is 5. The molecule has 1 aliphatic rings. The van der Waals surface area contributed by atoms with E-state index in [-0.39, 0.29) is 24.1 Å². The molecule has 3 heterocycles. The van der Waals surface area contributed by atoms with Gasteiger partial charge in [0, 0.05) is 33.2 Å². The van der Waals surface area contributed by atoms with Crippen LogP contribution in [0.15, 0.2) is 56.7 Å². The van der Waals surface area contributed by atoms with Gasteiger partial charge in [-0.25, -0.2) is 0 Å². The standard InChI is InChI=1S/C20H20N4O5/c1-21-14-5-2-3-6-15(14)24(20(28)19(21)27)13-17(25)22-8-10-23(11-9-22)18(26)16-7-4-12-29-16/h2-7,12H,8-11,13H2,1H3. The van der Waals surface area contributed by atoms with Crippen LogP contribution in [-0.2, 0) is 18.4 Å². The van der Waals surface area contributed by atoms with Crippen molar-refractivity contribution in [3.05, 3.63) is 69.1 Å². The molecular weight excluding hydrogens is 376 g/mol. The van der Waals surface area contributed by atoms with Crippen LogP contribution in [-0.4, -0.2) is 56.9 Å². The molecule has 0 unspecified atom stereocenters. The summed E-state index contributed by atoms with van der Waals surface area (Å²) in [5.74, 6) is -0.214. The third-order valence-electron chi connectivity index (χ3n) is 5.21. The maximum absolute atomic E-state index is 12.8. The molecule has 0 bridgehead atoms. The van der Waals surface area contributed by atoms with Gasteiger partial charge in [0.05, 0.1) is 17.3 Å². The first-order valence-corrected chi connectivity index (χ1v) is 9.26. The summed E-state index contributed by atoms with van der Waals surface area (Å²) in [6, 6.07) is 10.2. The second-order valence-electron chi connectivity index (χ2n) is 6.89. The number of fused-ring (bicyclic) bond motifs is 1. The van der Waals surface area contributed by atoms with E-state index in [1.807, 2.05) is 0 Å². The van der Waals surface area contributed by atoms with E-state index >= 15 is 0 Å². The first kappa shape index (κ1) is 18.7. The van der Waals surface area contributed by atoms with E-state index in [0.29, 0.717) is 37.2 Å². The minimum absolute atomic E-state index is 0.212. The number of carbonyl (C=O) groups excluding carboxylic acids is 2. The zero-order valence-corrected chi connectivity index (χ0v) is 15.9. The summed E-state index contributed by atoms with van der Waals surface area (Å²) < 4.78 is 7.65. The van der Waals surface area contributed by atoms with E-state index in [9.17, 15) is 19.2 Å². The normalized spacial score (nSPS) is 14.4. The number of hydrogen-bond donors (Lipinski definition) is 0. The van der Waals surface area contributed by atoms with Crippen LogP contribution in [0.25, 0.3) is 11.0 Å². The van der Waals surface area contributed by atoms with Crippen LogP contribution in [0.2, 0.25) is 0 Å². The Morgan fingerprint density at radius 1 is 0.897 bits per heavy atom. The van der Waals surface area contributed by atoms with E-state index in [1.165, 1.54) is 22.4 Å². The van der Waals surface area contributed by atoms with Gasteiger partial charge >= 0.3 is 11.1 Å². The molecule has 0 spiro atoms. The Morgan fingerprint density at radius 3 is 2.21 bits per heavy atom. The molecule has 1 aromatic carbocycles. The highest BCUT2D eigenvalue weighted by atomic mass is 16.3. The van der Waals surface area contributed by atoms with Gasteiger partial charge in [-0.15, -0.1) is 0 Å². The van der Waals surface area contributed by atoms with Gasteiger partial charge in [0.25, 0.3) is 5.91 Å². The van der Waals surface area contributed by atoms with Gasteiger partial charge in [-0.1, -0.05) is 12.1 Å². The predicted molar refractivity (Wildman–Crippen MR) is 105 cm³/mol. The summed E-state index contributed by atoms with van der Waals surface area (Å²) in [5, 5.41) is 0. The van der Waals surface area contributed by atoms with Crippen LogP contribution in [0.3, 0.4) is 0 Å². The maximum Gasteiger partial charge on any atom is 0.317 e. The molecule has 0 atom stereocenters. The van der Waals surface area contributed by atoms with Crippen LogP contribution in [0.1, 0.15) is 10.6 Å². The number of furan rings is 1. The van der Waals surface area contributed by atoms with Gasteiger partial charge in [0.15, 0.2) is 5.76 Å². The third-order valence-corrected chi connectivity index (χ3v) is 5.21. The summed E-state index contributed by atoms with van der Waals surface area (Å²) in [6.07, 6.45) is 1.44. The molecule has 1 fully saturated rings. The molecular formula is C20H20N4O5. The Kier molecular flexibility index (Phi) is 4.79. The Balaban J connectivity index is 1.51. The lowest BCUT2D eigenvalue weighted by molar-refractivity contribution is -0.133. The minimum atomic E-state index is -0.730. The number of benzene rings is 1. The molecule has 9 heteroatoms. The molecule has 0 radical (unpaired) electrons. The molecule has 4 rings (SSSR count). The summed E-state index contributed by atoms with van der Waals surface area (Å²) in [4.78, 5) is 53.1. The van der Waals surface area contributed by atoms with Gasteiger partial charge in [0.2, 0.25) is 5.91 Å². The van der Waals surface area contributed by atoms with Crippen molar-refractivity contribution in [3.63, 3.8) is 0 Å². The van der Waals surface area contributed by atoms with Crippen molar-refractivity contribution in [1.82, 2.24) is 18.9 Å². The van der Waals surface area contributed by atoms with E-state index < -0.39 is 11.1 Å². The molecule has 29 heavy (non-hydrogen) atoms. The van der Waals surface area contributed by atoms with Gasteiger partial charge < -0.3 is 18.8 Å². The van der Waals surface area contributed by atoms with Crippen molar-refractivity contribution in [2.75, 3.05) is 26.2 Å². The molecule has 2 aromatic heterocycles. The summed E-state index contributed by atoms with van der Waals surface area (Å²) in [6.45, 7) is 1.22. The number of carbonyl (C=O) groups is 2. The monoisotopic (exact) mass is 396 g/mol. The zero-order valence-electron chi connectivity index (χ0n) is 15.9. The number of rotatable bonds is 3. The van der Waals surface area contributed by atoms with E-state index in [2.05, 4.69) is 0 Å². The Labute approximate surface area is 165 Å². The minimum Gasteiger partial charge on any atom is -0.459 e. The fraction of sp³-hybridized carbons (Fsp3) is 0.300. The largest absolute Gasteiger partial charge is 0.459 e. The van der Waals surface area contributed by atoms with Crippen LogP contribution < -0.4 is 11.1 Å². The Hall–Kier alpha value is -3.62. The highest BCUT2D eigenvalue weighted by molar-refractivity contribution is 5.91. The van der Waals surface area contributed by atoms with Gasteiger partial charge in [-0.05, 0) is 24.3 Å². The Morgan fingerprint density at radius 2 is 1.55 bits per heavy atom. The van der Waals surface area contributed by atoms with Crippen molar-refractivity contribution < 1.29 is 14.0 Å². The zero-order chi connectivity index (χ0) is 20.5. The lowest BCUT2D eigenvalue weighted by Gasteiger charge is -2.34. The maximum atomic E-state index is 12.8. The molecule has 150 valence electrons. The number of para-hydroxylation sites is 2. The van der Waals surface area contributed by atoms with Crippen LogP contribution in [0.5, 0.6) is 0 Å². The summed E-state index contributed by atoms with van der Waals surface area (Å²) in [5.41, 5.74) is -0.296. The molecule has 1 aliphatic heterocycles. The number of aromatic nitrogens is 2. The van der Waals surface area contributed by atoms with Crippen molar-refractivity contribution in [1.29, 1.82) is 0 Å². The SMILES string of the molecule is Cn1c(=O)c(=O)n(CC(=O)N2CCN(C(=O)c3ccco3)CC2)c2ccccc21. The first-order valence-electron chi connectivity index (χ1n) is 9.26. The van der Waals surface area contributed by atoms with Crippen molar-refractivity contribution >= 4 is 22.8 Å². The van der Waals surface area contributed by atoms with Crippen LogP contribution in [0.4, 0.5) is 0 Å². The second-order valence-corrected chi connectivity index (χ2v) is 6.89. The Bertz CT molecular complexity index is 1180. The smallest absolute Gasteiger partial charge is 0.317 e. The van der Waals surface area contributed by atoms with E-state index in [4.69, 9.17) is 4.42 Å². The number of amides is 2. The highest BCUT2D eigenvalue weighted by Gasteiger charge is 2.26. The molecule has 9 nitrogen and oxygen atoms in total. The van der Waals surface area contributed by atoms with Gasteiger partial charge in [-0.2, -0.15) is 0 Å². The third kappa shape index (κ3) is 3.35. The van der Waals surface area contributed by atoms with Gasteiger partial charge in [0.1, 0.15) is 6.54 Å². The van der Waals surface area contributed by atoms with Crippen molar-refractivity contribution in [2.24, 2.45) is 7.05 Å². The lowest BCUT2D eigenvalue weighted by Crippen LogP contribution is -2.52. The first-order chi connectivity index (χ1) is 14.0. The fourth-order valence-corrected chi connectivity index (χ4v) is 3.56. The fourth-order valence-electron chi connectivity index (χ4n) is 3.56. The number of piperazine rings is 1. The molecule has 0 aliphatic carbocycles. The molecule has 2 amide bonds. The van der Waals surface area contributed by atoms with Crippen LogP contribution in [0, 0.1) is 0 Å². The average Bonchev–Trinajstić information content (AvgIpc) is 3.29. The van der Waals surface area contributed by atoms with Crippen LogP contribution >= 0.6 is 0 Å². The quantitative estimate of drug-likeness (QED) is 0.593. The topological polar surface area (TPSA) is 97.8 Å². The molecule has 1 saturated heterocycles. The summed E-state index contributed by atoms with van der Waals surface area (Å²) in [7, 11) is 1.54. The van der Waals surface area contributed by atoms with Crippen molar-refractivity contribution in [2.45, 2.75) is 6.54 Å². The average molecular weight is 396 g/mol. The molecule has 0 N–H and O–H groups in total. The highest BCUT2D eigenvalue weighted by Crippen LogP contribution is 2.12. The van der Waals surface area contributed by atoms with Crippen molar-refractivity contribution in [3.8, 4) is 0 Å². The summed E-state index contributed by atoms with van der Waals surface area (Å²) >= 11 is 0. The lowest BCUT2D eigenvalue weighted by atomic mass is 10.2. The van der Waals surface area contributed by atoms with E-state index in [0.717, 1.165) is 0 Å². The second kappa shape index (κ2) is 7.42. The molecule has 3 aromatic rings. The molecule has 0 saturated carbocycles. The number of nitrogens with zero attached hydrogens (tertiary/aromatic N) is 4. The predicted octanol–water partition coefficient (Wildman–Crippen LogP) is 0.278. The van der Waals surface area contributed by atoms with E-state index in [1.54, 1.807) is 46.2 Å². The van der Waals surface area contributed by atoms with Gasteiger partial charge in [-0.3, -0.25) is 23.7 Å².